The SMILES string of the molecule is COC1=C2C=C(F)C=CC2N(OC)C(C(F)(F)F)=C1. The van der Waals surface area contributed by atoms with Crippen LogP contribution in [-0.4, -0.2) is 31.5 Å². The molecule has 0 spiro atoms. The molecule has 0 fully saturated rings. The molecule has 1 atom stereocenters. The van der Waals surface area contributed by atoms with Gasteiger partial charge in [-0.2, -0.15) is 13.2 Å². The standard InChI is InChI=1S/C12H11F4NO2/c1-18-10-6-11(12(14,15)16)17(19-2)9-4-3-7(13)5-8(9)10/h3-6,9H,1-2H3. The van der Waals surface area contributed by atoms with Crippen LogP contribution in [0.2, 0.25) is 0 Å². The Morgan fingerprint density at radius 3 is 2.42 bits per heavy atom. The molecule has 0 N–H and O–H groups in total. The van der Waals surface area contributed by atoms with Crippen LogP contribution in [0.5, 0.6) is 0 Å². The second kappa shape index (κ2) is 4.73. The van der Waals surface area contributed by atoms with E-state index in [-0.39, 0.29) is 11.3 Å². The summed E-state index contributed by atoms with van der Waals surface area (Å²) in [4.78, 5) is 4.78. The maximum Gasteiger partial charge on any atom is 0.433 e. The lowest BCUT2D eigenvalue weighted by Gasteiger charge is -2.37. The van der Waals surface area contributed by atoms with E-state index in [9.17, 15) is 17.6 Å². The Bertz CT molecular complexity index is 502. The number of alkyl halides is 3. The zero-order valence-electron chi connectivity index (χ0n) is 10.2. The predicted octanol–water partition coefficient (Wildman–Crippen LogP) is 3.00. The van der Waals surface area contributed by atoms with Gasteiger partial charge in [-0.25, -0.2) is 9.45 Å². The number of halogens is 4. The number of ether oxygens (including phenoxy) is 1. The number of fused-ring (bicyclic) bond motifs is 1. The van der Waals surface area contributed by atoms with E-state index in [1.54, 1.807) is 0 Å². The van der Waals surface area contributed by atoms with E-state index in [1.807, 2.05) is 0 Å². The highest BCUT2D eigenvalue weighted by atomic mass is 19.4. The monoisotopic (exact) mass is 277 g/mol. The summed E-state index contributed by atoms with van der Waals surface area (Å²) in [5.74, 6) is -0.592. The molecule has 2 aliphatic rings. The predicted molar refractivity (Wildman–Crippen MR) is 59.1 cm³/mol. The van der Waals surface area contributed by atoms with Crippen LogP contribution < -0.4 is 0 Å². The Balaban J connectivity index is 2.57. The van der Waals surface area contributed by atoms with Crippen LogP contribution in [0.25, 0.3) is 0 Å². The smallest absolute Gasteiger partial charge is 0.433 e. The molecule has 0 saturated heterocycles. The van der Waals surface area contributed by atoms with E-state index in [0.717, 1.165) is 25.3 Å². The molecule has 0 aromatic rings. The number of methoxy groups -OCH3 is 1. The van der Waals surface area contributed by atoms with E-state index in [1.165, 1.54) is 13.2 Å². The van der Waals surface area contributed by atoms with Crippen molar-refractivity contribution in [1.29, 1.82) is 0 Å². The average molecular weight is 277 g/mol. The van der Waals surface area contributed by atoms with Gasteiger partial charge >= 0.3 is 6.18 Å². The van der Waals surface area contributed by atoms with Gasteiger partial charge in [0, 0.05) is 11.6 Å². The Kier molecular flexibility index (Phi) is 3.40. The van der Waals surface area contributed by atoms with Gasteiger partial charge in [0.2, 0.25) is 0 Å². The summed E-state index contributed by atoms with van der Waals surface area (Å²) in [6.07, 6.45) is -0.310. The van der Waals surface area contributed by atoms with E-state index in [4.69, 9.17) is 9.57 Å². The molecule has 0 aromatic heterocycles. The van der Waals surface area contributed by atoms with E-state index in [0.29, 0.717) is 5.06 Å². The van der Waals surface area contributed by atoms with Crippen molar-refractivity contribution in [3.05, 3.63) is 47.2 Å². The quantitative estimate of drug-likeness (QED) is 0.724. The van der Waals surface area contributed by atoms with Crippen LogP contribution in [0.1, 0.15) is 0 Å². The molecule has 2 rings (SSSR count). The van der Waals surface area contributed by atoms with E-state index < -0.39 is 23.7 Å². The molecule has 7 heteroatoms. The molecule has 104 valence electrons. The van der Waals surface area contributed by atoms with Crippen LogP contribution in [0.4, 0.5) is 17.6 Å². The second-order valence-electron chi connectivity index (χ2n) is 3.89. The molecular formula is C12H11F4NO2. The van der Waals surface area contributed by atoms with Gasteiger partial charge in [-0.05, 0) is 12.2 Å². The van der Waals surface area contributed by atoms with Crippen LogP contribution in [-0.2, 0) is 9.57 Å². The maximum atomic E-state index is 13.2. The molecule has 0 saturated carbocycles. The molecule has 3 nitrogen and oxygen atoms in total. The highest BCUT2D eigenvalue weighted by Gasteiger charge is 2.44. The third kappa shape index (κ3) is 2.37. The first-order valence-electron chi connectivity index (χ1n) is 5.34. The molecule has 0 radical (unpaired) electrons. The molecule has 1 heterocycles. The number of hydroxylamine groups is 2. The van der Waals surface area contributed by atoms with Gasteiger partial charge in [0.25, 0.3) is 0 Å². The van der Waals surface area contributed by atoms with Gasteiger partial charge in [-0.1, -0.05) is 6.08 Å². The van der Waals surface area contributed by atoms with Crippen molar-refractivity contribution in [2.45, 2.75) is 12.2 Å². The lowest BCUT2D eigenvalue weighted by Crippen LogP contribution is -2.42. The first-order valence-corrected chi connectivity index (χ1v) is 5.34. The van der Waals surface area contributed by atoms with Crippen LogP contribution in [0.3, 0.4) is 0 Å². The molecule has 1 aliphatic carbocycles. The highest BCUT2D eigenvalue weighted by molar-refractivity contribution is 5.47. The number of hydrogen-bond acceptors (Lipinski definition) is 3. The van der Waals surface area contributed by atoms with Gasteiger partial charge in [0.1, 0.15) is 23.3 Å². The zero-order chi connectivity index (χ0) is 14.2. The minimum absolute atomic E-state index is 0.0369. The van der Waals surface area contributed by atoms with Crippen molar-refractivity contribution in [3.63, 3.8) is 0 Å². The summed E-state index contributed by atoms with van der Waals surface area (Å²) >= 11 is 0. The molecule has 0 amide bonds. The number of rotatable bonds is 2. The minimum atomic E-state index is -4.60. The summed E-state index contributed by atoms with van der Waals surface area (Å²) in [5, 5.41) is 0.678. The van der Waals surface area contributed by atoms with Crippen LogP contribution in [0, 0.1) is 0 Å². The topological polar surface area (TPSA) is 21.7 Å². The fourth-order valence-corrected chi connectivity index (χ4v) is 2.01. The van der Waals surface area contributed by atoms with Gasteiger partial charge in [0.05, 0.1) is 14.2 Å². The summed E-state index contributed by atoms with van der Waals surface area (Å²) in [5.41, 5.74) is -0.724. The molecule has 1 aliphatic heterocycles. The summed E-state index contributed by atoms with van der Waals surface area (Å²) < 4.78 is 56.9. The van der Waals surface area contributed by atoms with Gasteiger partial charge < -0.3 is 4.74 Å². The van der Waals surface area contributed by atoms with Crippen molar-refractivity contribution in [2.24, 2.45) is 0 Å². The largest absolute Gasteiger partial charge is 0.496 e. The van der Waals surface area contributed by atoms with Crippen molar-refractivity contribution in [3.8, 4) is 0 Å². The third-order valence-corrected chi connectivity index (χ3v) is 2.80. The fourth-order valence-electron chi connectivity index (χ4n) is 2.01. The van der Waals surface area contributed by atoms with Crippen molar-refractivity contribution in [1.82, 2.24) is 5.06 Å². The minimum Gasteiger partial charge on any atom is -0.496 e. The molecule has 0 aromatic carbocycles. The number of hydrogen-bond donors (Lipinski definition) is 0. The lowest BCUT2D eigenvalue weighted by molar-refractivity contribution is -0.189. The zero-order valence-corrected chi connectivity index (χ0v) is 10.2. The number of allylic oxidation sites excluding steroid dienone is 4. The third-order valence-electron chi connectivity index (χ3n) is 2.80. The maximum absolute atomic E-state index is 13.2. The van der Waals surface area contributed by atoms with Crippen LogP contribution in [0.15, 0.2) is 47.2 Å². The first-order chi connectivity index (χ1) is 8.88. The van der Waals surface area contributed by atoms with Crippen molar-refractivity contribution < 1.29 is 27.1 Å². The normalized spacial score (nSPS) is 23.1. The molecule has 0 bridgehead atoms. The first kappa shape index (κ1) is 13.7. The Morgan fingerprint density at radius 2 is 1.89 bits per heavy atom. The lowest BCUT2D eigenvalue weighted by atomic mass is 9.96. The van der Waals surface area contributed by atoms with Crippen molar-refractivity contribution >= 4 is 0 Å². The summed E-state index contributed by atoms with van der Waals surface area (Å²) in [7, 11) is 2.36. The Hall–Kier alpha value is -1.76. The van der Waals surface area contributed by atoms with Crippen LogP contribution >= 0.6 is 0 Å². The van der Waals surface area contributed by atoms with Gasteiger partial charge in [-0.3, -0.25) is 4.84 Å². The molecule has 1 unspecified atom stereocenters. The van der Waals surface area contributed by atoms with E-state index >= 15 is 0 Å². The molecular weight excluding hydrogens is 266 g/mol. The summed E-state index contributed by atoms with van der Waals surface area (Å²) in [6, 6.07) is -0.874. The van der Waals surface area contributed by atoms with Gasteiger partial charge in [0.15, 0.2) is 0 Å². The van der Waals surface area contributed by atoms with Gasteiger partial charge in [-0.15, -0.1) is 0 Å². The fraction of sp³-hybridized carbons (Fsp3) is 0.333. The van der Waals surface area contributed by atoms with E-state index in [2.05, 4.69) is 0 Å². The Labute approximate surface area is 107 Å². The molecule has 19 heavy (non-hydrogen) atoms. The number of nitrogens with zero attached hydrogens (tertiary/aromatic N) is 1. The van der Waals surface area contributed by atoms with Crippen molar-refractivity contribution in [2.75, 3.05) is 14.2 Å². The highest BCUT2D eigenvalue weighted by Crippen LogP contribution is 2.39. The second-order valence-corrected chi connectivity index (χ2v) is 3.89. The Morgan fingerprint density at radius 1 is 1.21 bits per heavy atom. The summed E-state index contributed by atoms with van der Waals surface area (Å²) in [6.45, 7) is 0. The average Bonchev–Trinajstić information content (AvgIpc) is 2.35.